The lowest BCUT2D eigenvalue weighted by Gasteiger charge is -2.12. The number of benzene rings is 2. The first-order valence-corrected chi connectivity index (χ1v) is 8.83. The van der Waals surface area contributed by atoms with Crippen LogP contribution in [-0.2, 0) is 11.3 Å². The van der Waals surface area contributed by atoms with Crippen molar-refractivity contribution in [2.75, 3.05) is 5.32 Å². The van der Waals surface area contributed by atoms with Gasteiger partial charge < -0.3 is 10.6 Å². The Labute approximate surface area is 154 Å². The summed E-state index contributed by atoms with van der Waals surface area (Å²) in [5.74, 6) is -0.799. The lowest BCUT2D eigenvalue weighted by Crippen LogP contribution is -2.23. The maximum absolute atomic E-state index is 13.1. The Morgan fingerprint density at radius 1 is 1.20 bits per heavy atom. The summed E-state index contributed by atoms with van der Waals surface area (Å²) in [5, 5.41) is 5.65. The van der Waals surface area contributed by atoms with Gasteiger partial charge in [-0.15, -0.1) is 0 Å². The second kappa shape index (κ2) is 8.76. The molecule has 0 saturated carbocycles. The van der Waals surface area contributed by atoms with E-state index < -0.39 is 5.82 Å². The molecule has 0 spiro atoms. The van der Waals surface area contributed by atoms with Crippen molar-refractivity contribution in [1.29, 1.82) is 0 Å². The molecule has 0 radical (unpaired) electrons. The standard InChI is InChI=1S/C19H20BrFN2O2/c1-3-12(2)18(24)23-15-6-4-5-13(9-15)11-22-19(25)16-8-7-14(21)10-17(16)20/h4-10,12H,3,11H2,1-2H3,(H,22,25)(H,23,24). The van der Waals surface area contributed by atoms with E-state index in [4.69, 9.17) is 0 Å². The SMILES string of the molecule is CCC(C)C(=O)Nc1cccc(CNC(=O)c2ccc(F)cc2Br)c1. The average Bonchev–Trinajstić information content (AvgIpc) is 2.59. The summed E-state index contributed by atoms with van der Waals surface area (Å²) in [6.07, 6.45) is 0.772. The third-order valence-corrected chi connectivity index (χ3v) is 4.54. The molecule has 0 aromatic heterocycles. The highest BCUT2D eigenvalue weighted by atomic mass is 79.9. The highest BCUT2D eigenvalue weighted by molar-refractivity contribution is 9.10. The van der Waals surface area contributed by atoms with Gasteiger partial charge in [0, 0.05) is 22.6 Å². The molecule has 0 aliphatic rings. The maximum atomic E-state index is 13.1. The van der Waals surface area contributed by atoms with E-state index in [0.29, 0.717) is 22.3 Å². The zero-order valence-electron chi connectivity index (χ0n) is 14.1. The van der Waals surface area contributed by atoms with Crippen LogP contribution in [0.25, 0.3) is 0 Å². The molecule has 0 heterocycles. The van der Waals surface area contributed by atoms with Crippen molar-refractivity contribution in [1.82, 2.24) is 5.32 Å². The van der Waals surface area contributed by atoms with Gasteiger partial charge in [-0.05, 0) is 58.2 Å². The molecular weight excluding hydrogens is 387 g/mol. The third-order valence-electron chi connectivity index (χ3n) is 3.88. The molecule has 0 fully saturated rings. The Morgan fingerprint density at radius 2 is 1.96 bits per heavy atom. The molecule has 2 aromatic rings. The van der Waals surface area contributed by atoms with Crippen molar-refractivity contribution >= 4 is 33.4 Å². The van der Waals surface area contributed by atoms with Crippen LogP contribution in [0.5, 0.6) is 0 Å². The quantitative estimate of drug-likeness (QED) is 0.741. The molecule has 132 valence electrons. The number of hydrogen-bond acceptors (Lipinski definition) is 2. The van der Waals surface area contributed by atoms with Gasteiger partial charge in [-0.1, -0.05) is 26.0 Å². The molecule has 0 bridgehead atoms. The molecule has 2 rings (SSSR count). The molecule has 6 heteroatoms. The van der Waals surface area contributed by atoms with Crippen molar-refractivity contribution in [3.63, 3.8) is 0 Å². The number of nitrogens with one attached hydrogen (secondary N) is 2. The number of anilines is 1. The molecule has 2 amide bonds. The first kappa shape index (κ1) is 19.1. The van der Waals surface area contributed by atoms with Gasteiger partial charge in [0.1, 0.15) is 5.82 Å². The molecule has 4 nitrogen and oxygen atoms in total. The number of carbonyl (C=O) groups excluding carboxylic acids is 2. The van der Waals surface area contributed by atoms with E-state index in [2.05, 4.69) is 26.6 Å². The Kier molecular flexibility index (Phi) is 6.70. The van der Waals surface area contributed by atoms with Crippen LogP contribution in [0.3, 0.4) is 0 Å². The molecule has 0 saturated heterocycles. The number of halogens is 2. The molecular formula is C19H20BrFN2O2. The van der Waals surface area contributed by atoms with Crippen molar-refractivity contribution in [2.45, 2.75) is 26.8 Å². The fourth-order valence-corrected chi connectivity index (χ4v) is 2.69. The molecule has 1 unspecified atom stereocenters. The van der Waals surface area contributed by atoms with Gasteiger partial charge in [-0.2, -0.15) is 0 Å². The van der Waals surface area contributed by atoms with Crippen molar-refractivity contribution in [2.24, 2.45) is 5.92 Å². The smallest absolute Gasteiger partial charge is 0.252 e. The minimum atomic E-state index is -0.409. The minimum absolute atomic E-state index is 0.0288. The van der Waals surface area contributed by atoms with Gasteiger partial charge in [-0.25, -0.2) is 4.39 Å². The summed E-state index contributed by atoms with van der Waals surface area (Å²) in [6.45, 7) is 4.14. The van der Waals surface area contributed by atoms with Crippen LogP contribution >= 0.6 is 15.9 Å². The van der Waals surface area contributed by atoms with Crippen LogP contribution in [0.2, 0.25) is 0 Å². The van der Waals surface area contributed by atoms with Crippen LogP contribution in [0, 0.1) is 11.7 Å². The molecule has 0 aliphatic heterocycles. The highest BCUT2D eigenvalue weighted by Crippen LogP contribution is 2.18. The lowest BCUT2D eigenvalue weighted by molar-refractivity contribution is -0.119. The van der Waals surface area contributed by atoms with E-state index in [-0.39, 0.29) is 17.7 Å². The van der Waals surface area contributed by atoms with Crippen LogP contribution in [0.15, 0.2) is 46.9 Å². The van der Waals surface area contributed by atoms with Gasteiger partial charge in [-0.3, -0.25) is 9.59 Å². The lowest BCUT2D eigenvalue weighted by atomic mass is 10.1. The van der Waals surface area contributed by atoms with Crippen molar-refractivity contribution < 1.29 is 14.0 Å². The zero-order valence-corrected chi connectivity index (χ0v) is 15.7. The topological polar surface area (TPSA) is 58.2 Å². The first-order valence-electron chi connectivity index (χ1n) is 8.03. The second-order valence-electron chi connectivity index (χ2n) is 5.81. The maximum Gasteiger partial charge on any atom is 0.252 e. The molecule has 2 aromatic carbocycles. The average molecular weight is 407 g/mol. The molecule has 1 atom stereocenters. The van der Waals surface area contributed by atoms with E-state index >= 15 is 0 Å². The molecule has 0 aliphatic carbocycles. The Balaban J connectivity index is 2.00. The summed E-state index contributed by atoms with van der Waals surface area (Å²) >= 11 is 3.18. The monoisotopic (exact) mass is 406 g/mol. The van der Waals surface area contributed by atoms with E-state index in [1.807, 2.05) is 38.1 Å². The van der Waals surface area contributed by atoms with Crippen molar-refractivity contribution in [3.8, 4) is 0 Å². The number of rotatable bonds is 6. The van der Waals surface area contributed by atoms with E-state index in [1.54, 1.807) is 0 Å². The minimum Gasteiger partial charge on any atom is -0.348 e. The summed E-state index contributed by atoms with van der Waals surface area (Å²) in [4.78, 5) is 24.2. The largest absolute Gasteiger partial charge is 0.348 e. The summed E-state index contributed by atoms with van der Waals surface area (Å²) in [7, 11) is 0. The summed E-state index contributed by atoms with van der Waals surface area (Å²) in [6, 6.07) is 11.2. The fourth-order valence-electron chi connectivity index (χ4n) is 2.16. The number of carbonyl (C=O) groups is 2. The van der Waals surface area contributed by atoms with Gasteiger partial charge in [0.05, 0.1) is 5.56 Å². The highest BCUT2D eigenvalue weighted by Gasteiger charge is 2.12. The van der Waals surface area contributed by atoms with Crippen LogP contribution in [-0.4, -0.2) is 11.8 Å². The predicted molar refractivity (Wildman–Crippen MR) is 99.8 cm³/mol. The Morgan fingerprint density at radius 3 is 2.64 bits per heavy atom. The van der Waals surface area contributed by atoms with E-state index in [9.17, 15) is 14.0 Å². The number of hydrogen-bond donors (Lipinski definition) is 2. The van der Waals surface area contributed by atoms with Gasteiger partial charge in [0.2, 0.25) is 5.91 Å². The summed E-state index contributed by atoms with van der Waals surface area (Å²) < 4.78 is 13.5. The third kappa shape index (κ3) is 5.39. The van der Waals surface area contributed by atoms with Gasteiger partial charge in [0.15, 0.2) is 0 Å². The first-order chi connectivity index (χ1) is 11.9. The molecule has 25 heavy (non-hydrogen) atoms. The van der Waals surface area contributed by atoms with Gasteiger partial charge in [0.25, 0.3) is 5.91 Å². The van der Waals surface area contributed by atoms with E-state index in [0.717, 1.165) is 12.0 Å². The Hall–Kier alpha value is -2.21. The number of amides is 2. The Bertz CT molecular complexity index is 780. The van der Waals surface area contributed by atoms with Crippen LogP contribution in [0.1, 0.15) is 36.2 Å². The van der Waals surface area contributed by atoms with Gasteiger partial charge >= 0.3 is 0 Å². The van der Waals surface area contributed by atoms with Crippen LogP contribution in [0.4, 0.5) is 10.1 Å². The van der Waals surface area contributed by atoms with Crippen LogP contribution < -0.4 is 10.6 Å². The normalized spacial score (nSPS) is 11.7. The summed E-state index contributed by atoms with van der Waals surface area (Å²) in [5.41, 5.74) is 1.91. The zero-order chi connectivity index (χ0) is 18.4. The molecule has 2 N–H and O–H groups in total. The second-order valence-corrected chi connectivity index (χ2v) is 6.66. The fraction of sp³-hybridized carbons (Fsp3) is 0.263. The van der Waals surface area contributed by atoms with Crippen molar-refractivity contribution in [3.05, 3.63) is 63.9 Å². The predicted octanol–water partition coefficient (Wildman–Crippen LogP) is 4.50. The van der Waals surface area contributed by atoms with E-state index in [1.165, 1.54) is 18.2 Å².